The summed E-state index contributed by atoms with van der Waals surface area (Å²) in [5.74, 6) is 0.627. The zero-order valence-corrected chi connectivity index (χ0v) is 14.1. The van der Waals surface area contributed by atoms with Gasteiger partial charge in [0.2, 0.25) is 0 Å². The fourth-order valence-electron chi connectivity index (χ4n) is 2.09. The first-order valence-electron chi connectivity index (χ1n) is 6.68. The number of rotatable bonds is 6. The Morgan fingerprint density at radius 3 is 2.45 bits per heavy atom. The van der Waals surface area contributed by atoms with Crippen molar-refractivity contribution in [2.75, 3.05) is 6.61 Å². The van der Waals surface area contributed by atoms with Gasteiger partial charge in [-0.25, -0.2) is 4.79 Å². The number of hydrogen-bond acceptors (Lipinski definition) is 2. The van der Waals surface area contributed by atoms with E-state index in [2.05, 4.69) is 20.8 Å². The van der Waals surface area contributed by atoms with E-state index in [0.717, 1.165) is 12.8 Å². The smallest absolute Gasteiger partial charge is 0.339 e. The summed E-state index contributed by atoms with van der Waals surface area (Å²) in [4.78, 5) is 12.0. The van der Waals surface area contributed by atoms with Crippen molar-refractivity contribution in [1.82, 2.24) is 0 Å². The van der Waals surface area contributed by atoms with Crippen LogP contribution in [-0.4, -0.2) is 12.6 Å². The average molecular weight is 338 g/mol. The summed E-state index contributed by atoms with van der Waals surface area (Å²) < 4.78 is 5.26. The molecule has 1 unspecified atom stereocenters. The summed E-state index contributed by atoms with van der Waals surface area (Å²) in [7, 11) is 0. The molecule has 0 aliphatic carbocycles. The molecule has 0 N–H and O–H groups in total. The van der Waals surface area contributed by atoms with Crippen LogP contribution in [0.25, 0.3) is 0 Å². The third-order valence-electron chi connectivity index (χ3n) is 3.40. The first-order chi connectivity index (χ1) is 9.36. The highest BCUT2D eigenvalue weighted by Gasteiger charge is 2.17. The van der Waals surface area contributed by atoms with E-state index >= 15 is 0 Å². The predicted molar refractivity (Wildman–Crippen MR) is 85.0 cm³/mol. The molecular formula is C15H19Cl3O2. The molecule has 1 atom stereocenters. The third-order valence-corrected chi connectivity index (χ3v) is 4.42. The highest BCUT2D eigenvalue weighted by molar-refractivity contribution is 6.45. The van der Waals surface area contributed by atoms with Gasteiger partial charge in [0, 0.05) is 5.02 Å². The lowest BCUT2D eigenvalue weighted by Crippen LogP contribution is -2.14. The van der Waals surface area contributed by atoms with Crippen molar-refractivity contribution in [3.05, 3.63) is 32.8 Å². The maximum atomic E-state index is 12.0. The Kier molecular flexibility index (Phi) is 7.14. The lowest BCUT2D eigenvalue weighted by atomic mass is 9.91. The molecule has 1 aromatic carbocycles. The third kappa shape index (κ3) is 4.83. The molecule has 1 aromatic rings. The van der Waals surface area contributed by atoms with Crippen LogP contribution in [0, 0.1) is 11.8 Å². The lowest BCUT2D eigenvalue weighted by Gasteiger charge is -2.18. The molecule has 0 aliphatic rings. The van der Waals surface area contributed by atoms with Crippen molar-refractivity contribution in [2.24, 2.45) is 11.8 Å². The van der Waals surface area contributed by atoms with E-state index in [0.29, 0.717) is 23.5 Å². The van der Waals surface area contributed by atoms with E-state index in [4.69, 9.17) is 39.5 Å². The number of benzene rings is 1. The van der Waals surface area contributed by atoms with Crippen LogP contribution < -0.4 is 0 Å². The van der Waals surface area contributed by atoms with Crippen LogP contribution in [0.5, 0.6) is 0 Å². The van der Waals surface area contributed by atoms with Crippen molar-refractivity contribution in [3.63, 3.8) is 0 Å². The van der Waals surface area contributed by atoms with Gasteiger partial charge in [0.05, 0.1) is 22.2 Å². The van der Waals surface area contributed by atoms with Crippen LogP contribution in [0.2, 0.25) is 15.1 Å². The maximum Gasteiger partial charge on any atom is 0.339 e. The summed E-state index contributed by atoms with van der Waals surface area (Å²) in [6, 6.07) is 2.96. The van der Waals surface area contributed by atoms with Gasteiger partial charge < -0.3 is 4.74 Å². The van der Waals surface area contributed by atoms with Crippen molar-refractivity contribution >= 4 is 40.8 Å². The number of esters is 1. The number of carbonyl (C=O) groups is 1. The molecule has 0 radical (unpaired) electrons. The first kappa shape index (κ1) is 17.6. The highest BCUT2D eigenvalue weighted by Crippen LogP contribution is 2.30. The fourth-order valence-corrected chi connectivity index (χ4v) is 2.77. The molecule has 0 saturated heterocycles. The van der Waals surface area contributed by atoms with Gasteiger partial charge in [0.1, 0.15) is 0 Å². The normalized spacial score (nSPS) is 12.6. The van der Waals surface area contributed by atoms with E-state index in [1.165, 1.54) is 12.1 Å². The van der Waals surface area contributed by atoms with Crippen LogP contribution in [0.4, 0.5) is 0 Å². The minimum Gasteiger partial charge on any atom is -0.462 e. The molecule has 2 nitrogen and oxygen atoms in total. The van der Waals surface area contributed by atoms with Crippen molar-refractivity contribution in [2.45, 2.75) is 33.6 Å². The molecule has 0 aromatic heterocycles. The maximum absolute atomic E-state index is 12.0. The standard InChI is InChI=1S/C15H19Cl3O2/c1-4-10(9(2)3)5-6-20-15(19)12-7-11(16)8-13(17)14(12)18/h7-10H,4-6H2,1-3H3. The Bertz CT molecular complexity index is 472. The summed E-state index contributed by atoms with van der Waals surface area (Å²) >= 11 is 17.7. The summed E-state index contributed by atoms with van der Waals surface area (Å²) in [6.07, 6.45) is 1.91. The first-order valence-corrected chi connectivity index (χ1v) is 7.81. The minimum absolute atomic E-state index is 0.178. The zero-order chi connectivity index (χ0) is 15.3. The molecule has 0 fully saturated rings. The number of ether oxygens (including phenoxy) is 1. The van der Waals surface area contributed by atoms with Crippen LogP contribution in [0.3, 0.4) is 0 Å². The number of hydrogen-bond donors (Lipinski definition) is 0. The van der Waals surface area contributed by atoms with Gasteiger partial charge in [-0.2, -0.15) is 0 Å². The van der Waals surface area contributed by atoms with Gasteiger partial charge in [0.15, 0.2) is 0 Å². The SMILES string of the molecule is CCC(CCOC(=O)c1cc(Cl)cc(Cl)c1Cl)C(C)C. The molecule has 0 amide bonds. The van der Waals surface area contributed by atoms with Crippen LogP contribution in [-0.2, 0) is 4.74 Å². The average Bonchev–Trinajstić information content (AvgIpc) is 2.38. The summed E-state index contributed by atoms with van der Waals surface area (Å²) in [5.41, 5.74) is 0.210. The largest absolute Gasteiger partial charge is 0.462 e. The van der Waals surface area contributed by atoms with E-state index < -0.39 is 5.97 Å². The summed E-state index contributed by atoms with van der Waals surface area (Å²) in [6.45, 7) is 6.85. The van der Waals surface area contributed by atoms with E-state index in [1.54, 1.807) is 0 Å². The fraction of sp³-hybridized carbons (Fsp3) is 0.533. The number of carbonyl (C=O) groups excluding carboxylic acids is 1. The topological polar surface area (TPSA) is 26.3 Å². The van der Waals surface area contributed by atoms with Gasteiger partial charge in [-0.15, -0.1) is 0 Å². The zero-order valence-electron chi connectivity index (χ0n) is 11.9. The molecule has 0 bridgehead atoms. The molecule has 1 rings (SSSR count). The lowest BCUT2D eigenvalue weighted by molar-refractivity contribution is 0.0471. The quantitative estimate of drug-likeness (QED) is 0.479. The molecule has 0 spiro atoms. The minimum atomic E-state index is -0.488. The van der Waals surface area contributed by atoms with Gasteiger partial charge >= 0.3 is 5.97 Å². The van der Waals surface area contributed by atoms with Crippen LogP contribution in [0.15, 0.2) is 12.1 Å². The van der Waals surface area contributed by atoms with Gasteiger partial charge in [-0.05, 0) is 30.4 Å². The summed E-state index contributed by atoms with van der Waals surface area (Å²) in [5, 5.41) is 0.789. The second-order valence-electron chi connectivity index (χ2n) is 5.09. The molecular weight excluding hydrogens is 319 g/mol. The van der Waals surface area contributed by atoms with Crippen molar-refractivity contribution in [1.29, 1.82) is 0 Å². The Labute approximate surface area is 135 Å². The Hall–Kier alpha value is -0.440. The van der Waals surface area contributed by atoms with Gasteiger partial charge in [-0.3, -0.25) is 0 Å². The highest BCUT2D eigenvalue weighted by atomic mass is 35.5. The Morgan fingerprint density at radius 2 is 1.90 bits per heavy atom. The Balaban J connectivity index is 2.64. The molecule has 0 aliphatic heterocycles. The molecule has 0 saturated carbocycles. The predicted octanol–water partition coefficient (Wildman–Crippen LogP) is 5.88. The van der Waals surface area contributed by atoms with Gasteiger partial charge in [-0.1, -0.05) is 62.0 Å². The second-order valence-corrected chi connectivity index (χ2v) is 6.31. The van der Waals surface area contributed by atoms with E-state index in [1.807, 2.05) is 0 Å². The van der Waals surface area contributed by atoms with Gasteiger partial charge in [0.25, 0.3) is 0 Å². The molecule has 5 heteroatoms. The van der Waals surface area contributed by atoms with E-state index in [-0.39, 0.29) is 15.6 Å². The van der Waals surface area contributed by atoms with E-state index in [9.17, 15) is 4.79 Å². The Morgan fingerprint density at radius 1 is 1.25 bits per heavy atom. The molecule has 0 heterocycles. The van der Waals surface area contributed by atoms with Crippen LogP contribution in [0.1, 0.15) is 44.0 Å². The van der Waals surface area contributed by atoms with Crippen LogP contribution >= 0.6 is 34.8 Å². The van der Waals surface area contributed by atoms with Crippen molar-refractivity contribution < 1.29 is 9.53 Å². The second kappa shape index (κ2) is 8.11. The van der Waals surface area contributed by atoms with Crippen molar-refractivity contribution in [3.8, 4) is 0 Å². The number of halogens is 3. The monoisotopic (exact) mass is 336 g/mol. The molecule has 20 heavy (non-hydrogen) atoms. The molecule has 112 valence electrons.